The summed E-state index contributed by atoms with van der Waals surface area (Å²) < 4.78 is 79.6. The van der Waals surface area contributed by atoms with Gasteiger partial charge in [-0.15, -0.1) is 5.10 Å². The minimum Gasteiger partial charge on any atom is -0.411 e. The molecule has 3 rings (SSSR count). The zero-order valence-corrected chi connectivity index (χ0v) is 14.4. The van der Waals surface area contributed by atoms with Gasteiger partial charge in [-0.2, -0.15) is 26.3 Å². The van der Waals surface area contributed by atoms with E-state index in [-0.39, 0.29) is 23.0 Å². The van der Waals surface area contributed by atoms with Crippen molar-refractivity contribution in [1.29, 1.82) is 0 Å². The molecule has 0 spiro atoms. The van der Waals surface area contributed by atoms with Crippen molar-refractivity contribution in [2.45, 2.75) is 18.9 Å². The lowest BCUT2D eigenvalue weighted by Gasteiger charge is -2.15. The quantitative estimate of drug-likeness (QED) is 0.288. The van der Waals surface area contributed by atoms with Crippen molar-refractivity contribution >= 4 is 6.21 Å². The highest BCUT2D eigenvalue weighted by Gasteiger charge is 2.37. The highest BCUT2D eigenvalue weighted by Crippen LogP contribution is 2.36. The first-order valence-electron chi connectivity index (χ1n) is 8.04. The van der Waals surface area contributed by atoms with E-state index in [0.717, 1.165) is 10.9 Å². The van der Waals surface area contributed by atoms with Crippen molar-refractivity contribution in [2.75, 3.05) is 0 Å². The van der Waals surface area contributed by atoms with Crippen LogP contribution in [0.15, 0.2) is 53.7 Å². The Bertz CT molecular complexity index is 993. The monoisotopic (exact) mass is 414 g/mol. The van der Waals surface area contributed by atoms with E-state index in [0.29, 0.717) is 17.7 Å². The standard InChI is InChI=1S/C18H12F6N4O/c19-17(20,21)13-6-11(7-14(8-13)18(22,23)24)10-28-16(12-4-2-1-3-5-12)15(9-25-29)26-27-28/h1-9,29H,10H2. The lowest BCUT2D eigenvalue weighted by atomic mass is 10.0. The van der Waals surface area contributed by atoms with E-state index in [2.05, 4.69) is 15.5 Å². The van der Waals surface area contributed by atoms with Crippen molar-refractivity contribution in [3.63, 3.8) is 0 Å². The Labute approximate surface area is 159 Å². The SMILES string of the molecule is ON=Cc1nnn(Cc2cc(C(F)(F)F)cc(C(F)(F)F)c2)c1-c1ccccc1. The molecule has 0 unspecified atom stereocenters. The predicted molar refractivity (Wildman–Crippen MR) is 90.4 cm³/mol. The molecule has 3 aromatic rings. The van der Waals surface area contributed by atoms with Gasteiger partial charge in [0.25, 0.3) is 0 Å². The van der Waals surface area contributed by atoms with Gasteiger partial charge in [0.05, 0.1) is 29.6 Å². The van der Waals surface area contributed by atoms with Gasteiger partial charge in [0.15, 0.2) is 0 Å². The number of halogens is 6. The Morgan fingerprint density at radius 2 is 1.52 bits per heavy atom. The van der Waals surface area contributed by atoms with Gasteiger partial charge in [-0.1, -0.05) is 40.7 Å². The van der Waals surface area contributed by atoms with Crippen LogP contribution in [0.2, 0.25) is 0 Å². The fraction of sp³-hybridized carbons (Fsp3) is 0.167. The summed E-state index contributed by atoms with van der Waals surface area (Å²) in [6.07, 6.45) is -8.93. The number of benzene rings is 2. The van der Waals surface area contributed by atoms with Crippen LogP contribution in [0.1, 0.15) is 22.4 Å². The lowest BCUT2D eigenvalue weighted by molar-refractivity contribution is -0.143. The molecule has 0 bridgehead atoms. The summed E-state index contributed by atoms with van der Waals surface area (Å²) in [6, 6.07) is 9.70. The number of oxime groups is 1. The molecule has 1 N–H and O–H groups in total. The lowest BCUT2D eigenvalue weighted by Crippen LogP contribution is -2.13. The Balaban J connectivity index is 2.11. The second-order valence-electron chi connectivity index (χ2n) is 6.01. The second kappa shape index (κ2) is 7.57. The van der Waals surface area contributed by atoms with Crippen LogP contribution in [0.5, 0.6) is 0 Å². The van der Waals surface area contributed by atoms with Crippen LogP contribution in [0.4, 0.5) is 26.3 Å². The van der Waals surface area contributed by atoms with E-state index in [1.807, 2.05) is 0 Å². The molecule has 0 fully saturated rings. The third kappa shape index (κ3) is 4.55. The van der Waals surface area contributed by atoms with E-state index in [1.165, 1.54) is 0 Å². The maximum Gasteiger partial charge on any atom is 0.416 e. The average Bonchev–Trinajstić information content (AvgIpc) is 3.03. The van der Waals surface area contributed by atoms with Crippen molar-refractivity contribution < 1.29 is 31.5 Å². The molecule has 11 heteroatoms. The van der Waals surface area contributed by atoms with Gasteiger partial charge in [0.1, 0.15) is 5.69 Å². The summed E-state index contributed by atoms with van der Waals surface area (Å²) in [5.74, 6) is 0. The molecular formula is C18H12F6N4O. The first kappa shape index (κ1) is 20.4. The molecule has 1 aromatic heterocycles. The van der Waals surface area contributed by atoms with Crippen molar-refractivity contribution in [2.24, 2.45) is 5.16 Å². The van der Waals surface area contributed by atoms with Gasteiger partial charge in [-0.05, 0) is 23.8 Å². The molecule has 0 saturated carbocycles. The van der Waals surface area contributed by atoms with Crippen LogP contribution in [0, 0.1) is 0 Å². The molecule has 2 aromatic carbocycles. The molecular weight excluding hydrogens is 402 g/mol. The van der Waals surface area contributed by atoms with E-state index in [1.54, 1.807) is 30.3 Å². The molecule has 0 aliphatic carbocycles. The highest BCUT2D eigenvalue weighted by molar-refractivity contribution is 5.86. The normalized spacial score (nSPS) is 12.6. The largest absolute Gasteiger partial charge is 0.416 e. The third-order valence-electron chi connectivity index (χ3n) is 3.97. The molecule has 0 aliphatic heterocycles. The van der Waals surface area contributed by atoms with Crippen LogP contribution in [-0.4, -0.2) is 26.4 Å². The van der Waals surface area contributed by atoms with Crippen LogP contribution >= 0.6 is 0 Å². The number of hydrogen-bond acceptors (Lipinski definition) is 4. The Morgan fingerprint density at radius 3 is 2.03 bits per heavy atom. The molecule has 0 aliphatic rings. The van der Waals surface area contributed by atoms with Gasteiger partial charge >= 0.3 is 12.4 Å². The molecule has 152 valence electrons. The fourth-order valence-corrected chi connectivity index (χ4v) is 2.76. The Kier molecular flexibility index (Phi) is 5.31. The van der Waals surface area contributed by atoms with E-state index < -0.39 is 30.0 Å². The first-order valence-corrected chi connectivity index (χ1v) is 8.04. The second-order valence-corrected chi connectivity index (χ2v) is 6.01. The molecule has 0 amide bonds. The van der Waals surface area contributed by atoms with Gasteiger partial charge in [-0.3, -0.25) is 0 Å². The minimum atomic E-state index is -4.95. The van der Waals surface area contributed by atoms with E-state index >= 15 is 0 Å². The number of alkyl halides is 6. The molecule has 0 radical (unpaired) electrons. The summed E-state index contributed by atoms with van der Waals surface area (Å²) in [6.45, 7) is -0.413. The highest BCUT2D eigenvalue weighted by atomic mass is 19.4. The number of nitrogens with zero attached hydrogens (tertiary/aromatic N) is 4. The first-order chi connectivity index (χ1) is 13.6. The average molecular weight is 414 g/mol. The fourth-order valence-electron chi connectivity index (χ4n) is 2.76. The van der Waals surface area contributed by atoms with Crippen molar-refractivity contribution in [3.05, 3.63) is 70.9 Å². The maximum atomic E-state index is 13.1. The minimum absolute atomic E-state index is 0.0623. The van der Waals surface area contributed by atoms with Crippen LogP contribution in [0.3, 0.4) is 0 Å². The van der Waals surface area contributed by atoms with Crippen LogP contribution < -0.4 is 0 Å². The molecule has 29 heavy (non-hydrogen) atoms. The van der Waals surface area contributed by atoms with Gasteiger partial charge < -0.3 is 5.21 Å². The van der Waals surface area contributed by atoms with Gasteiger partial charge in [-0.25, -0.2) is 4.68 Å². The maximum absolute atomic E-state index is 13.1. The summed E-state index contributed by atoms with van der Waals surface area (Å²) in [5, 5.41) is 19.2. The van der Waals surface area contributed by atoms with E-state index in [4.69, 9.17) is 5.21 Å². The summed E-state index contributed by atoms with van der Waals surface area (Å²) >= 11 is 0. The topological polar surface area (TPSA) is 63.3 Å². The predicted octanol–water partition coefficient (Wildman–Crippen LogP) is 4.84. The molecule has 0 atom stereocenters. The number of aromatic nitrogens is 3. The summed E-state index contributed by atoms with van der Waals surface area (Å²) in [4.78, 5) is 0. The van der Waals surface area contributed by atoms with Gasteiger partial charge in [0, 0.05) is 5.56 Å². The third-order valence-corrected chi connectivity index (χ3v) is 3.97. The Morgan fingerprint density at radius 1 is 0.931 bits per heavy atom. The summed E-state index contributed by atoms with van der Waals surface area (Å²) in [7, 11) is 0. The van der Waals surface area contributed by atoms with Gasteiger partial charge in [0.2, 0.25) is 0 Å². The van der Waals surface area contributed by atoms with Crippen molar-refractivity contribution in [3.8, 4) is 11.3 Å². The molecule has 1 heterocycles. The zero-order valence-electron chi connectivity index (χ0n) is 14.4. The number of rotatable bonds is 4. The van der Waals surface area contributed by atoms with Crippen molar-refractivity contribution in [1.82, 2.24) is 15.0 Å². The zero-order chi connectivity index (χ0) is 21.2. The number of hydrogen-bond donors (Lipinski definition) is 1. The molecule has 0 saturated heterocycles. The van der Waals surface area contributed by atoms with Crippen LogP contribution in [0.25, 0.3) is 11.3 Å². The molecule has 5 nitrogen and oxygen atoms in total. The van der Waals surface area contributed by atoms with Crippen LogP contribution in [-0.2, 0) is 18.9 Å². The van der Waals surface area contributed by atoms with E-state index in [9.17, 15) is 26.3 Å². The smallest absolute Gasteiger partial charge is 0.411 e. The summed E-state index contributed by atoms with van der Waals surface area (Å²) in [5.41, 5.74) is -2.19. The Hall–Kier alpha value is -3.37.